The molecule has 1 unspecified atom stereocenters. The Labute approximate surface area is 87.8 Å². The molecule has 5 N–H and O–H groups in total. The Hall–Kier alpha value is -1.47. The summed E-state index contributed by atoms with van der Waals surface area (Å²) < 4.78 is 1.75. The van der Waals surface area contributed by atoms with Gasteiger partial charge in [0.05, 0.1) is 12.2 Å². The third-order valence-corrected chi connectivity index (χ3v) is 1.94. The van der Waals surface area contributed by atoms with E-state index in [1.807, 2.05) is 0 Å². The minimum Gasteiger partial charge on any atom is -0.368 e. The van der Waals surface area contributed by atoms with Crippen molar-refractivity contribution in [2.75, 3.05) is 13.1 Å². The van der Waals surface area contributed by atoms with Gasteiger partial charge in [-0.1, -0.05) is 5.21 Å². The van der Waals surface area contributed by atoms with Crippen LogP contribution in [0, 0.1) is 0 Å². The summed E-state index contributed by atoms with van der Waals surface area (Å²) >= 11 is 0. The summed E-state index contributed by atoms with van der Waals surface area (Å²) in [5, 5.41) is 10.5. The molecule has 0 aliphatic heterocycles. The highest BCUT2D eigenvalue weighted by Gasteiger charge is 2.06. The molecule has 0 aliphatic carbocycles. The lowest BCUT2D eigenvalue weighted by molar-refractivity contribution is -0.119. The molecule has 7 heteroatoms. The van der Waals surface area contributed by atoms with Gasteiger partial charge < -0.3 is 16.8 Å². The van der Waals surface area contributed by atoms with Crippen molar-refractivity contribution in [3.8, 4) is 0 Å². The molecule has 0 aliphatic rings. The Morgan fingerprint density at radius 2 is 2.40 bits per heavy atom. The van der Waals surface area contributed by atoms with E-state index in [-0.39, 0.29) is 0 Å². The molecule has 1 aromatic rings. The van der Waals surface area contributed by atoms with Crippen LogP contribution in [0.1, 0.15) is 6.42 Å². The van der Waals surface area contributed by atoms with Gasteiger partial charge in [0.1, 0.15) is 0 Å². The Kier molecular flexibility index (Phi) is 4.72. The molecule has 0 fully saturated rings. The maximum absolute atomic E-state index is 10.6. The topological polar surface area (TPSA) is 112 Å². The number of rotatable bonds is 7. The van der Waals surface area contributed by atoms with Crippen molar-refractivity contribution in [2.24, 2.45) is 11.5 Å². The number of nitrogens with one attached hydrogen (secondary N) is 1. The molecular formula is C8H16N6O. The molecule has 84 valence electrons. The lowest BCUT2D eigenvalue weighted by Crippen LogP contribution is -2.44. The van der Waals surface area contributed by atoms with Crippen LogP contribution in [0.4, 0.5) is 0 Å². The van der Waals surface area contributed by atoms with Crippen LogP contribution in [0.15, 0.2) is 12.4 Å². The van der Waals surface area contributed by atoms with Crippen LogP contribution < -0.4 is 16.8 Å². The summed E-state index contributed by atoms with van der Waals surface area (Å²) in [7, 11) is 0. The standard InChI is InChI=1S/C8H16N6O/c9-7(8(10)15)6-11-2-1-4-14-5-3-12-13-14/h3,5,7,11H,1-2,4,6,9H2,(H2,10,15). The molecule has 0 saturated heterocycles. The quantitative estimate of drug-likeness (QED) is 0.456. The highest BCUT2D eigenvalue weighted by molar-refractivity contribution is 5.79. The number of aromatic nitrogens is 3. The van der Waals surface area contributed by atoms with E-state index < -0.39 is 11.9 Å². The monoisotopic (exact) mass is 212 g/mol. The Bertz CT molecular complexity index is 285. The molecule has 7 nitrogen and oxygen atoms in total. The zero-order valence-electron chi connectivity index (χ0n) is 8.47. The first-order chi connectivity index (χ1) is 7.20. The zero-order chi connectivity index (χ0) is 11.1. The maximum Gasteiger partial charge on any atom is 0.235 e. The number of primary amides is 1. The fraction of sp³-hybridized carbons (Fsp3) is 0.625. The predicted molar refractivity (Wildman–Crippen MR) is 54.7 cm³/mol. The zero-order valence-corrected chi connectivity index (χ0v) is 8.47. The normalized spacial score (nSPS) is 12.6. The second kappa shape index (κ2) is 6.10. The molecule has 0 spiro atoms. The Morgan fingerprint density at radius 3 is 3.00 bits per heavy atom. The minimum absolute atomic E-state index is 0.409. The van der Waals surface area contributed by atoms with Gasteiger partial charge in [-0.2, -0.15) is 0 Å². The van der Waals surface area contributed by atoms with E-state index in [4.69, 9.17) is 11.5 Å². The molecule has 1 aromatic heterocycles. The molecule has 0 radical (unpaired) electrons. The second-order valence-corrected chi connectivity index (χ2v) is 3.23. The number of hydrogen-bond acceptors (Lipinski definition) is 5. The van der Waals surface area contributed by atoms with E-state index >= 15 is 0 Å². The number of carbonyl (C=O) groups is 1. The number of nitrogens with zero attached hydrogens (tertiary/aromatic N) is 3. The molecule has 1 atom stereocenters. The molecule has 1 heterocycles. The number of hydrogen-bond donors (Lipinski definition) is 3. The van der Waals surface area contributed by atoms with Gasteiger partial charge in [0.15, 0.2) is 0 Å². The van der Waals surface area contributed by atoms with E-state index in [0.717, 1.165) is 19.5 Å². The van der Waals surface area contributed by atoms with Crippen molar-refractivity contribution in [1.29, 1.82) is 0 Å². The molecule has 0 aromatic carbocycles. The molecule has 1 amide bonds. The average molecular weight is 212 g/mol. The van der Waals surface area contributed by atoms with Crippen molar-refractivity contribution >= 4 is 5.91 Å². The highest BCUT2D eigenvalue weighted by Crippen LogP contribution is 1.85. The van der Waals surface area contributed by atoms with E-state index in [9.17, 15) is 4.79 Å². The smallest absolute Gasteiger partial charge is 0.235 e. The average Bonchev–Trinajstić information content (AvgIpc) is 2.69. The Morgan fingerprint density at radius 1 is 1.60 bits per heavy atom. The number of aryl methyl sites for hydroxylation is 1. The van der Waals surface area contributed by atoms with Crippen LogP contribution >= 0.6 is 0 Å². The van der Waals surface area contributed by atoms with Crippen molar-refractivity contribution in [1.82, 2.24) is 20.3 Å². The van der Waals surface area contributed by atoms with Crippen LogP contribution in [0.25, 0.3) is 0 Å². The largest absolute Gasteiger partial charge is 0.368 e. The molecule has 15 heavy (non-hydrogen) atoms. The third-order valence-electron chi connectivity index (χ3n) is 1.94. The Balaban J connectivity index is 2.00. The number of carbonyl (C=O) groups excluding carboxylic acids is 1. The van der Waals surface area contributed by atoms with Gasteiger partial charge in [0.25, 0.3) is 0 Å². The van der Waals surface area contributed by atoms with E-state index in [1.165, 1.54) is 0 Å². The van der Waals surface area contributed by atoms with Crippen LogP contribution in [0.3, 0.4) is 0 Å². The van der Waals surface area contributed by atoms with Crippen molar-refractivity contribution in [3.63, 3.8) is 0 Å². The van der Waals surface area contributed by atoms with Crippen LogP contribution in [0.2, 0.25) is 0 Å². The minimum atomic E-state index is -0.614. The second-order valence-electron chi connectivity index (χ2n) is 3.23. The van der Waals surface area contributed by atoms with Crippen molar-refractivity contribution in [3.05, 3.63) is 12.4 Å². The van der Waals surface area contributed by atoms with Gasteiger partial charge in [-0.15, -0.1) is 5.10 Å². The summed E-state index contributed by atoms with van der Waals surface area (Å²) in [5.74, 6) is -0.487. The van der Waals surface area contributed by atoms with Crippen molar-refractivity contribution in [2.45, 2.75) is 19.0 Å². The highest BCUT2D eigenvalue weighted by atomic mass is 16.1. The van der Waals surface area contributed by atoms with Gasteiger partial charge in [0.2, 0.25) is 5.91 Å². The van der Waals surface area contributed by atoms with Crippen LogP contribution in [0.5, 0.6) is 0 Å². The van der Waals surface area contributed by atoms with Gasteiger partial charge in [-0.25, -0.2) is 0 Å². The number of amides is 1. The number of nitrogens with two attached hydrogens (primary N) is 2. The third kappa shape index (κ3) is 4.52. The van der Waals surface area contributed by atoms with E-state index in [0.29, 0.717) is 6.54 Å². The summed E-state index contributed by atoms with van der Waals surface area (Å²) in [6, 6.07) is -0.614. The van der Waals surface area contributed by atoms with Gasteiger partial charge in [0, 0.05) is 19.3 Å². The molecule has 0 saturated carbocycles. The molecule has 0 bridgehead atoms. The lowest BCUT2D eigenvalue weighted by atomic mass is 10.3. The predicted octanol–water partition coefficient (Wildman–Crippen LogP) is -1.93. The lowest BCUT2D eigenvalue weighted by Gasteiger charge is -2.08. The van der Waals surface area contributed by atoms with Gasteiger partial charge in [-0.3, -0.25) is 9.48 Å². The van der Waals surface area contributed by atoms with Crippen LogP contribution in [-0.4, -0.2) is 40.0 Å². The summed E-state index contributed by atoms with van der Waals surface area (Å²) in [5.41, 5.74) is 10.4. The van der Waals surface area contributed by atoms with Crippen molar-refractivity contribution < 1.29 is 4.79 Å². The SMILES string of the molecule is NC(=O)C(N)CNCCCn1ccnn1. The van der Waals surface area contributed by atoms with E-state index in [1.54, 1.807) is 17.1 Å². The first-order valence-electron chi connectivity index (χ1n) is 4.80. The first-order valence-corrected chi connectivity index (χ1v) is 4.80. The summed E-state index contributed by atoms with van der Waals surface area (Å²) in [4.78, 5) is 10.6. The van der Waals surface area contributed by atoms with Crippen LogP contribution in [-0.2, 0) is 11.3 Å². The summed E-state index contributed by atoms with van der Waals surface area (Å²) in [6.07, 6.45) is 4.33. The first kappa shape index (κ1) is 11.6. The van der Waals surface area contributed by atoms with E-state index in [2.05, 4.69) is 15.6 Å². The maximum atomic E-state index is 10.6. The summed E-state index contributed by atoms with van der Waals surface area (Å²) in [6.45, 7) is 1.96. The van der Waals surface area contributed by atoms with Gasteiger partial charge in [-0.05, 0) is 13.0 Å². The fourth-order valence-electron chi connectivity index (χ4n) is 1.08. The van der Waals surface area contributed by atoms with Gasteiger partial charge >= 0.3 is 0 Å². The molecular weight excluding hydrogens is 196 g/mol. The molecule has 1 rings (SSSR count). The fourth-order valence-corrected chi connectivity index (χ4v) is 1.08.